The van der Waals surface area contributed by atoms with Crippen LogP contribution in [0.4, 0.5) is 17.1 Å². The Morgan fingerprint density at radius 2 is 1.00 bits per heavy atom. The Morgan fingerprint density at radius 1 is 0.479 bits per heavy atom. The second-order valence-corrected chi connectivity index (χ2v) is 14.1. The molecule has 1 aliphatic rings. The van der Waals surface area contributed by atoms with Crippen molar-refractivity contribution in [2.45, 2.75) is 19.3 Å². The van der Waals surface area contributed by atoms with Crippen LogP contribution in [-0.2, 0) is 5.41 Å². The van der Waals surface area contributed by atoms with Crippen LogP contribution in [0.2, 0.25) is 0 Å². The number of rotatable bonds is 5. The Hall–Kier alpha value is -5.64. The quantitative estimate of drug-likeness (QED) is 0.187. The lowest BCUT2D eigenvalue weighted by atomic mass is 9.75. The molecule has 0 radical (unpaired) electrons. The minimum Gasteiger partial charge on any atom is -0.456 e. The molecule has 0 fully saturated rings. The van der Waals surface area contributed by atoms with Gasteiger partial charge in [-0.2, -0.15) is 0 Å². The minimum absolute atomic E-state index is 0.224. The lowest BCUT2D eigenvalue weighted by molar-refractivity contribution is 0.423. The molecule has 2 nitrogen and oxygen atoms in total. The molecule has 0 saturated heterocycles. The van der Waals surface area contributed by atoms with Crippen molar-refractivity contribution in [3.63, 3.8) is 0 Å². The van der Waals surface area contributed by atoms with Crippen LogP contribution in [0.15, 0.2) is 164 Å². The molecule has 1 aromatic heterocycles. The molecular formula is C45H33NOS. The fraction of sp³-hybridized carbons (Fsp3) is 0.0667. The van der Waals surface area contributed by atoms with E-state index in [9.17, 15) is 0 Å². The second kappa shape index (κ2) is 11.3. The first kappa shape index (κ1) is 28.6. The molecule has 0 bridgehead atoms. The molecule has 3 heteroatoms. The zero-order valence-electron chi connectivity index (χ0n) is 26.9. The van der Waals surface area contributed by atoms with Crippen LogP contribution >= 0.6 is 11.3 Å². The number of thiophene rings is 1. The van der Waals surface area contributed by atoms with E-state index < -0.39 is 0 Å². The first-order valence-corrected chi connectivity index (χ1v) is 17.2. The van der Waals surface area contributed by atoms with Gasteiger partial charge in [-0.25, -0.2) is 0 Å². The normalized spacial score (nSPS) is 13.1. The number of nitrogens with zero attached hydrogens (tertiary/aromatic N) is 1. The summed E-state index contributed by atoms with van der Waals surface area (Å²) in [6.45, 7) is 4.63. The Balaban J connectivity index is 1.18. The summed E-state index contributed by atoms with van der Waals surface area (Å²) in [5.74, 6) is 1.88. The Kier molecular flexibility index (Phi) is 6.70. The van der Waals surface area contributed by atoms with Crippen LogP contribution in [0.1, 0.15) is 25.0 Å². The summed E-state index contributed by atoms with van der Waals surface area (Å²) < 4.78 is 9.53. The van der Waals surface area contributed by atoms with Crippen LogP contribution in [0.25, 0.3) is 42.4 Å². The van der Waals surface area contributed by atoms with E-state index in [1.54, 1.807) is 0 Å². The highest BCUT2D eigenvalue weighted by Crippen LogP contribution is 2.54. The van der Waals surface area contributed by atoms with E-state index in [-0.39, 0.29) is 5.41 Å². The number of benzene rings is 7. The van der Waals surface area contributed by atoms with Gasteiger partial charge in [0.1, 0.15) is 11.5 Å². The first-order chi connectivity index (χ1) is 23.5. The standard InChI is InChI=1S/C45H33NOS/c1-45(2)38-26-25-36(29-40(38)47-44-39(45)27-28-42-43(44)37-15-9-10-16-41(37)48-42)46(34-21-17-32(18-22-34)30-11-5-3-6-12-30)35-23-19-33(20-24-35)31-13-7-4-8-14-31/h3-29H,1-2H3. The van der Waals surface area contributed by atoms with Gasteiger partial charge in [0.05, 0.1) is 0 Å². The van der Waals surface area contributed by atoms with Gasteiger partial charge >= 0.3 is 0 Å². The van der Waals surface area contributed by atoms with Gasteiger partial charge in [-0.3, -0.25) is 0 Å². The number of fused-ring (bicyclic) bond motifs is 6. The first-order valence-electron chi connectivity index (χ1n) is 16.4. The Morgan fingerprint density at radius 3 is 1.62 bits per heavy atom. The summed E-state index contributed by atoms with van der Waals surface area (Å²) in [4.78, 5) is 2.33. The van der Waals surface area contributed by atoms with Crippen LogP contribution in [0, 0.1) is 0 Å². The van der Waals surface area contributed by atoms with E-state index in [2.05, 4.69) is 183 Å². The Labute approximate surface area is 285 Å². The van der Waals surface area contributed by atoms with Crippen molar-refractivity contribution in [3.8, 4) is 33.8 Å². The third kappa shape index (κ3) is 4.70. The molecule has 9 rings (SSSR count). The lowest BCUT2D eigenvalue weighted by Gasteiger charge is -2.36. The van der Waals surface area contributed by atoms with Crippen molar-refractivity contribution < 1.29 is 4.74 Å². The fourth-order valence-electron chi connectivity index (χ4n) is 7.20. The molecule has 0 saturated carbocycles. The number of anilines is 3. The monoisotopic (exact) mass is 635 g/mol. The van der Waals surface area contributed by atoms with E-state index in [0.717, 1.165) is 28.6 Å². The van der Waals surface area contributed by atoms with Crippen molar-refractivity contribution in [3.05, 3.63) is 175 Å². The van der Waals surface area contributed by atoms with E-state index in [1.807, 2.05) is 11.3 Å². The Bertz CT molecular complexity index is 2340. The average Bonchev–Trinajstić information content (AvgIpc) is 3.52. The average molecular weight is 636 g/mol. The molecule has 0 aliphatic carbocycles. The highest BCUT2D eigenvalue weighted by Gasteiger charge is 2.36. The van der Waals surface area contributed by atoms with Gasteiger partial charge in [0.25, 0.3) is 0 Å². The molecule has 8 aromatic rings. The van der Waals surface area contributed by atoms with E-state index in [1.165, 1.54) is 53.6 Å². The summed E-state index contributed by atoms with van der Waals surface area (Å²) in [6.07, 6.45) is 0. The van der Waals surface area contributed by atoms with Crippen molar-refractivity contribution in [2.24, 2.45) is 0 Å². The van der Waals surface area contributed by atoms with Crippen LogP contribution in [0.3, 0.4) is 0 Å². The predicted molar refractivity (Wildman–Crippen MR) is 204 cm³/mol. The highest BCUT2D eigenvalue weighted by atomic mass is 32.1. The number of hydrogen-bond donors (Lipinski definition) is 0. The summed E-state index contributed by atoms with van der Waals surface area (Å²) in [5, 5.41) is 2.46. The van der Waals surface area contributed by atoms with Gasteiger partial charge < -0.3 is 9.64 Å². The van der Waals surface area contributed by atoms with Crippen LogP contribution in [0.5, 0.6) is 11.5 Å². The van der Waals surface area contributed by atoms with Crippen LogP contribution < -0.4 is 9.64 Å². The lowest BCUT2D eigenvalue weighted by Crippen LogP contribution is -2.24. The zero-order valence-corrected chi connectivity index (χ0v) is 27.7. The smallest absolute Gasteiger partial charge is 0.140 e. The summed E-state index contributed by atoms with van der Waals surface area (Å²) in [6, 6.07) is 58.7. The van der Waals surface area contributed by atoms with E-state index >= 15 is 0 Å². The van der Waals surface area contributed by atoms with Gasteiger partial charge in [-0.1, -0.05) is 129 Å². The van der Waals surface area contributed by atoms with Crippen molar-refractivity contribution >= 4 is 48.6 Å². The third-order valence-electron chi connectivity index (χ3n) is 9.74. The molecule has 0 atom stereocenters. The molecule has 7 aromatic carbocycles. The molecule has 230 valence electrons. The summed E-state index contributed by atoms with van der Waals surface area (Å²) in [7, 11) is 0. The van der Waals surface area contributed by atoms with Crippen molar-refractivity contribution in [1.29, 1.82) is 0 Å². The van der Waals surface area contributed by atoms with Gasteiger partial charge in [0.2, 0.25) is 0 Å². The van der Waals surface area contributed by atoms with Crippen LogP contribution in [-0.4, -0.2) is 0 Å². The molecule has 0 spiro atoms. The highest BCUT2D eigenvalue weighted by molar-refractivity contribution is 7.25. The molecule has 1 aliphatic heterocycles. The van der Waals surface area contributed by atoms with Crippen molar-refractivity contribution in [2.75, 3.05) is 4.90 Å². The molecular weight excluding hydrogens is 603 g/mol. The largest absolute Gasteiger partial charge is 0.456 e. The molecule has 0 N–H and O–H groups in total. The number of hydrogen-bond acceptors (Lipinski definition) is 3. The molecule has 0 unspecified atom stereocenters. The predicted octanol–water partition coefficient (Wildman–Crippen LogP) is 13.3. The van der Waals surface area contributed by atoms with Crippen molar-refractivity contribution in [1.82, 2.24) is 0 Å². The maximum atomic E-state index is 6.99. The fourth-order valence-corrected chi connectivity index (χ4v) is 8.31. The maximum Gasteiger partial charge on any atom is 0.140 e. The van der Waals surface area contributed by atoms with Gasteiger partial charge in [-0.05, 0) is 64.7 Å². The van der Waals surface area contributed by atoms with Gasteiger partial charge in [0.15, 0.2) is 0 Å². The summed E-state index contributed by atoms with van der Waals surface area (Å²) in [5.41, 5.74) is 10.2. The maximum absolute atomic E-state index is 6.99. The van der Waals surface area contributed by atoms with Gasteiger partial charge in [0, 0.05) is 59.8 Å². The van der Waals surface area contributed by atoms with E-state index in [4.69, 9.17) is 4.74 Å². The third-order valence-corrected chi connectivity index (χ3v) is 10.9. The molecule has 0 amide bonds. The minimum atomic E-state index is -0.224. The zero-order chi connectivity index (χ0) is 32.2. The topological polar surface area (TPSA) is 12.5 Å². The second-order valence-electron chi connectivity index (χ2n) is 13.0. The van der Waals surface area contributed by atoms with E-state index in [0.29, 0.717) is 0 Å². The summed E-state index contributed by atoms with van der Waals surface area (Å²) >= 11 is 1.83. The number of ether oxygens (including phenoxy) is 1. The molecule has 48 heavy (non-hydrogen) atoms. The molecule has 2 heterocycles. The SMILES string of the molecule is CC1(C)c2ccc(N(c3ccc(-c4ccccc4)cc3)c3ccc(-c4ccccc4)cc3)cc2Oc2c1ccc1sc3ccccc3c21. The van der Waals surface area contributed by atoms with Gasteiger partial charge in [-0.15, -0.1) is 11.3 Å².